The van der Waals surface area contributed by atoms with Gasteiger partial charge in [-0.15, -0.1) is 11.3 Å². The van der Waals surface area contributed by atoms with E-state index in [1.165, 1.54) is 6.92 Å². The summed E-state index contributed by atoms with van der Waals surface area (Å²) in [7, 11) is 0. The minimum Gasteiger partial charge on any atom is -0.464 e. The average Bonchev–Trinajstić information content (AvgIpc) is 2.69. The van der Waals surface area contributed by atoms with Crippen molar-refractivity contribution in [3.8, 4) is 0 Å². The molecule has 0 amide bonds. The predicted octanol–water partition coefficient (Wildman–Crippen LogP) is 0.542. The number of aliphatic hydroxyl groups excluding tert-OH is 1. The Morgan fingerprint density at radius 3 is 3.00 bits per heavy atom. The molecule has 0 aromatic carbocycles. The molecule has 15 heavy (non-hydrogen) atoms. The Morgan fingerprint density at radius 2 is 2.47 bits per heavy atom. The number of ether oxygens (including phenoxy) is 1. The van der Waals surface area contributed by atoms with Crippen LogP contribution in [0.4, 0.5) is 0 Å². The second-order valence-corrected chi connectivity index (χ2v) is 4.30. The van der Waals surface area contributed by atoms with Crippen molar-refractivity contribution in [1.29, 1.82) is 0 Å². The Morgan fingerprint density at radius 1 is 1.73 bits per heavy atom. The van der Waals surface area contributed by atoms with Crippen molar-refractivity contribution in [3.05, 3.63) is 22.4 Å². The lowest BCUT2D eigenvalue weighted by Crippen LogP contribution is -2.41. The Labute approximate surface area is 92.7 Å². The minimum atomic E-state index is -0.951. The summed E-state index contributed by atoms with van der Waals surface area (Å²) in [5.74, 6) is -0.554. The molecule has 1 aromatic rings. The molecule has 0 radical (unpaired) electrons. The maximum Gasteiger partial charge on any atom is 0.325 e. The largest absolute Gasteiger partial charge is 0.464 e. The first-order valence-corrected chi connectivity index (χ1v) is 5.62. The van der Waals surface area contributed by atoms with Crippen LogP contribution in [-0.4, -0.2) is 29.8 Å². The number of rotatable bonds is 5. The van der Waals surface area contributed by atoms with E-state index in [4.69, 9.17) is 15.6 Å². The number of thiophene rings is 1. The maximum atomic E-state index is 11.2. The van der Waals surface area contributed by atoms with Crippen LogP contribution in [0, 0.1) is 0 Å². The highest BCUT2D eigenvalue weighted by Crippen LogP contribution is 2.09. The molecule has 4 nitrogen and oxygen atoms in total. The van der Waals surface area contributed by atoms with Gasteiger partial charge in [0.05, 0.1) is 12.7 Å². The van der Waals surface area contributed by atoms with Crippen LogP contribution in [0.3, 0.4) is 0 Å². The molecule has 84 valence electrons. The van der Waals surface area contributed by atoms with E-state index in [0.29, 0.717) is 13.0 Å². The molecule has 1 heterocycles. The van der Waals surface area contributed by atoms with Crippen LogP contribution in [0.2, 0.25) is 0 Å². The first-order chi connectivity index (χ1) is 7.11. The minimum absolute atomic E-state index is 0.305. The highest BCUT2D eigenvalue weighted by Gasteiger charge is 2.19. The fourth-order valence-electron chi connectivity index (χ4n) is 1.00. The molecule has 0 saturated heterocycles. The summed E-state index contributed by atoms with van der Waals surface area (Å²) in [5, 5.41) is 11.0. The first-order valence-electron chi connectivity index (χ1n) is 4.74. The Bertz CT molecular complexity index is 298. The highest BCUT2D eigenvalue weighted by atomic mass is 32.1. The van der Waals surface area contributed by atoms with E-state index in [-0.39, 0.29) is 0 Å². The van der Waals surface area contributed by atoms with Crippen LogP contribution in [0.25, 0.3) is 0 Å². The molecule has 1 rings (SSSR count). The molecule has 5 heteroatoms. The second kappa shape index (κ2) is 5.85. The lowest BCUT2D eigenvalue weighted by molar-refractivity contribution is -0.147. The third-order valence-electron chi connectivity index (χ3n) is 1.96. The maximum absolute atomic E-state index is 11.2. The van der Waals surface area contributed by atoms with Gasteiger partial charge in [0.15, 0.2) is 0 Å². The molecule has 1 aromatic heterocycles. The summed E-state index contributed by atoms with van der Waals surface area (Å²) >= 11 is 1.62. The zero-order chi connectivity index (χ0) is 11.3. The summed E-state index contributed by atoms with van der Waals surface area (Å²) in [6.07, 6.45) is -0.185. The standard InChI is InChI=1S/C10H15NO3S/c1-7(12)9(11)10(13)14-5-4-8-3-2-6-15-8/h2-3,6-7,9,12H,4-5,11H2,1H3/t7-,9+/m1/s1. The van der Waals surface area contributed by atoms with Crippen LogP contribution in [0.15, 0.2) is 17.5 Å². The number of hydrogen-bond donors (Lipinski definition) is 2. The molecule has 0 aliphatic heterocycles. The highest BCUT2D eigenvalue weighted by molar-refractivity contribution is 7.09. The van der Waals surface area contributed by atoms with Crippen LogP contribution in [-0.2, 0) is 16.0 Å². The van der Waals surface area contributed by atoms with Crippen LogP contribution >= 0.6 is 11.3 Å². The molecule has 0 aliphatic carbocycles. The Kier molecular flexibility index (Phi) is 4.74. The SMILES string of the molecule is C[C@@H](O)[C@H](N)C(=O)OCCc1cccs1. The van der Waals surface area contributed by atoms with Gasteiger partial charge in [0.1, 0.15) is 6.04 Å². The predicted molar refractivity (Wildman–Crippen MR) is 58.6 cm³/mol. The van der Waals surface area contributed by atoms with E-state index in [1.54, 1.807) is 11.3 Å². The molecular weight excluding hydrogens is 214 g/mol. The van der Waals surface area contributed by atoms with E-state index in [0.717, 1.165) is 4.88 Å². The van der Waals surface area contributed by atoms with Crippen molar-refractivity contribution in [2.45, 2.75) is 25.5 Å². The van der Waals surface area contributed by atoms with Gasteiger partial charge in [0, 0.05) is 11.3 Å². The number of hydrogen-bond acceptors (Lipinski definition) is 5. The molecule has 2 atom stereocenters. The second-order valence-electron chi connectivity index (χ2n) is 3.26. The third-order valence-corrected chi connectivity index (χ3v) is 2.90. The van der Waals surface area contributed by atoms with Gasteiger partial charge in [-0.25, -0.2) is 0 Å². The van der Waals surface area contributed by atoms with E-state index >= 15 is 0 Å². The van der Waals surface area contributed by atoms with Crippen LogP contribution in [0.5, 0.6) is 0 Å². The van der Waals surface area contributed by atoms with Gasteiger partial charge in [0.25, 0.3) is 0 Å². The normalized spacial score (nSPS) is 14.6. The summed E-state index contributed by atoms with van der Waals surface area (Å²) in [5.41, 5.74) is 5.40. The van der Waals surface area contributed by atoms with Crippen molar-refractivity contribution in [3.63, 3.8) is 0 Å². The van der Waals surface area contributed by atoms with Gasteiger partial charge in [-0.1, -0.05) is 6.07 Å². The molecule has 0 bridgehead atoms. The molecule has 0 spiro atoms. The zero-order valence-corrected chi connectivity index (χ0v) is 9.37. The quantitative estimate of drug-likeness (QED) is 0.723. The van der Waals surface area contributed by atoms with Gasteiger partial charge in [-0.05, 0) is 18.4 Å². The first kappa shape index (κ1) is 12.2. The summed E-state index contributed by atoms with van der Waals surface area (Å²) < 4.78 is 4.92. The molecule has 0 unspecified atom stereocenters. The number of nitrogens with two attached hydrogens (primary N) is 1. The van der Waals surface area contributed by atoms with E-state index in [1.807, 2.05) is 17.5 Å². The molecule has 0 aliphatic rings. The monoisotopic (exact) mass is 229 g/mol. The number of carbonyl (C=O) groups is 1. The lowest BCUT2D eigenvalue weighted by Gasteiger charge is -2.13. The number of esters is 1. The fraction of sp³-hybridized carbons (Fsp3) is 0.500. The van der Waals surface area contributed by atoms with E-state index < -0.39 is 18.1 Å². The van der Waals surface area contributed by atoms with Crippen LogP contribution in [0.1, 0.15) is 11.8 Å². The van der Waals surface area contributed by atoms with Gasteiger partial charge in [0.2, 0.25) is 0 Å². The third kappa shape index (κ3) is 3.99. The summed E-state index contributed by atoms with van der Waals surface area (Å²) in [4.78, 5) is 12.4. The summed E-state index contributed by atoms with van der Waals surface area (Å²) in [6.45, 7) is 1.77. The fourth-order valence-corrected chi connectivity index (χ4v) is 1.69. The molecule has 0 saturated carbocycles. The zero-order valence-electron chi connectivity index (χ0n) is 8.55. The van der Waals surface area contributed by atoms with Crippen molar-refractivity contribution in [2.75, 3.05) is 6.61 Å². The van der Waals surface area contributed by atoms with Gasteiger partial charge >= 0.3 is 5.97 Å². The van der Waals surface area contributed by atoms with Crippen molar-refractivity contribution >= 4 is 17.3 Å². The van der Waals surface area contributed by atoms with Gasteiger partial charge in [-0.3, -0.25) is 4.79 Å². The van der Waals surface area contributed by atoms with E-state index in [2.05, 4.69) is 0 Å². The van der Waals surface area contributed by atoms with Crippen molar-refractivity contribution in [1.82, 2.24) is 0 Å². The van der Waals surface area contributed by atoms with Gasteiger partial charge in [-0.2, -0.15) is 0 Å². The number of aliphatic hydroxyl groups is 1. The summed E-state index contributed by atoms with van der Waals surface area (Å²) in [6, 6.07) is 2.98. The molecule has 0 fully saturated rings. The van der Waals surface area contributed by atoms with E-state index in [9.17, 15) is 4.79 Å². The topological polar surface area (TPSA) is 72.5 Å². The van der Waals surface area contributed by atoms with Crippen molar-refractivity contribution in [2.24, 2.45) is 5.73 Å². The van der Waals surface area contributed by atoms with Crippen LogP contribution < -0.4 is 5.73 Å². The lowest BCUT2D eigenvalue weighted by atomic mass is 10.2. The Balaban J connectivity index is 2.23. The Hall–Kier alpha value is -0.910. The number of carbonyl (C=O) groups excluding carboxylic acids is 1. The van der Waals surface area contributed by atoms with Crippen molar-refractivity contribution < 1.29 is 14.6 Å². The molecule has 3 N–H and O–H groups in total. The smallest absolute Gasteiger partial charge is 0.325 e. The molecular formula is C10H15NO3S. The van der Waals surface area contributed by atoms with Gasteiger partial charge < -0.3 is 15.6 Å². The average molecular weight is 229 g/mol.